The number of aliphatic hydroxyl groups is 1. The number of nitrogens with zero attached hydrogens (tertiary/aromatic N) is 1. The molecule has 0 aliphatic rings. The zero-order valence-electron chi connectivity index (χ0n) is 10.4. The van der Waals surface area contributed by atoms with Gasteiger partial charge in [0.25, 0.3) is 0 Å². The number of hydrogen-bond acceptors (Lipinski definition) is 3. The van der Waals surface area contributed by atoms with E-state index in [-0.39, 0.29) is 12.8 Å². The van der Waals surface area contributed by atoms with Crippen molar-refractivity contribution in [2.24, 2.45) is 0 Å². The van der Waals surface area contributed by atoms with Crippen molar-refractivity contribution in [3.8, 4) is 11.3 Å². The predicted molar refractivity (Wildman–Crippen MR) is 71.5 cm³/mol. The van der Waals surface area contributed by atoms with Crippen LogP contribution in [0.2, 0.25) is 0 Å². The first-order valence-corrected chi connectivity index (χ1v) is 6.08. The van der Waals surface area contributed by atoms with Crippen LogP contribution in [-0.2, 0) is 4.79 Å². The highest BCUT2D eigenvalue weighted by molar-refractivity contribution is 5.66. The number of aliphatic hydroxyl groups excluding tert-OH is 1. The van der Waals surface area contributed by atoms with E-state index in [9.17, 15) is 9.90 Å². The monoisotopic (exact) mass is 257 g/mol. The molecule has 0 aliphatic carbocycles. The molecule has 2 N–H and O–H groups in total. The molecule has 2 aromatic rings. The molecule has 1 unspecified atom stereocenters. The maximum Gasteiger partial charge on any atom is 0.303 e. The van der Waals surface area contributed by atoms with Gasteiger partial charge >= 0.3 is 5.97 Å². The second-order valence-corrected chi connectivity index (χ2v) is 4.29. The molecule has 0 amide bonds. The Balaban J connectivity index is 2.08. The van der Waals surface area contributed by atoms with E-state index in [4.69, 9.17) is 5.11 Å². The number of carbonyl (C=O) groups is 1. The lowest BCUT2D eigenvalue weighted by Gasteiger charge is -2.10. The molecule has 0 bridgehead atoms. The Bertz CT molecular complexity index is 537. The highest BCUT2D eigenvalue weighted by Crippen LogP contribution is 2.22. The van der Waals surface area contributed by atoms with Crippen molar-refractivity contribution in [3.63, 3.8) is 0 Å². The number of pyridine rings is 1. The minimum atomic E-state index is -0.899. The van der Waals surface area contributed by atoms with Gasteiger partial charge in [0.15, 0.2) is 0 Å². The zero-order valence-corrected chi connectivity index (χ0v) is 10.4. The third kappa shape index (κ3) is 3.63. The molecule has 0 saturated heterocycles. The topological polar surface area (TPSA) is 70.4 Å². The van der Waals surface area contributed by atoms with E-state index < -0.39 is 12.1 Å². The average Bonchev–Trinajstić information content (AvgIpc) is 2.46. The van der Waals surface area contributed by atoms with Crippen LogP contribution in [0.1, 0.15) is 24.5 Å². The third-order valence-corrected chi connectivity index (χ3v) is 2.89. The Kier molecular flexibility index (Phi) is 4.26. The van der Waals surface area contributed by atoms with E-state index in [0.717, 1.165) is 16.8 Å². The summed E-state index contributed by atoms with van der Waals surface area (Å²) in [6.07, 6.45) is 1.17. The Morgan fingerprint density at radius 2 is 1.89 bits per heavy atom. The molecule has 1 heterocycles. The molecule has 1 aromatic carbocycles. The lowest BCUT2D eigenvalue weighted by atomic mass is 10.0. The van der Waals surface area contributed by atoms with Gasteiger partial charge in [-0.25, -0.2) is 0 Å². The third-order valence-electron chi connectivity index (χ3n) is 2.89. The fourth-order valence-corrected chi connectivity index (χ4v) is 1.84. The van der Waals surface area contributed by atoms with E-state index in [1.165, 1.54) is 0 Å². The molecule has 0 radical (unpaired) electrons. The van der Waals surface area contributed by atoms with Gasteiger partial charge in [-0.2, -0.15) is 0 Å². The highest BCUT2D eigenvalue weighted by Gasteiger charge is 2.10. The van der Waals surface area contributed by atoms with E-state index in [1.54, 1.807) is 18.3 Å². The summed E-state index contributed by atoms with van der Waals surface area (Å²) in [6.45, 7) is 0. The van der Waals surface area contributed by atoms with Gasteiger partial charge in [-0.05, 0) is 24.1 Å². The summed E-state index contributed by atoms with van der Waals surface area (Å²) in [7, 11) is 0. The zero-order chi connectivity index (χ0) is 13.7. The largest absolute Gasteiger partial charge is 0.481 e. The van der Waals surface area contributed by atoms with Crippen LogP contribution in [0.3, 0.4) is 0 Å². The van der Waals surface area contributed by atoms with Gasteiger partial charge in [-0.15, -0.1) is 0 Å². The first kappa shape index (κ1) is 13.2. The maximum absolute atomic E-state index is 10.5. The Labute approximate surface area is 111 Å². The molecule has 1 aromatic heterocycles. The Morgan fingerprint density at radius 1 is 1.16 bits per heavy atom. The summed E-state index contributed by atoms with van der Waals surface area (Å²) >= 11 is 0. The molecule has 0 aliphatic heterocycles. The molecule has 98 valence electrons. The van der Waals surface area contributed by atoms with Gasteiger partial charge in [-0.3, -0.25) is 9.78 Å². The summed E-state index contributed by atoms with van der Waals surface area (Å²) < 4.78 is 0. The fourth-order valence-electron chi connectivity index (χ4n) is 1.84. The lowest BCUT2D eigenvalue weighted by Crippen LogP contribution is -2.02. The number of benzene rings is 1. The molecular weight excluding hydrogens is 242 g/mol. The van der Waals surface area contributed by atoms with Gasteiger partial charge < -0.3 is 10.2 Å². The molecule has 2 rings (SSSR count). The number of carboxylic acid groups (broad SMARTS) is 1. The first-order valence-electron chi connectivity index (χ1n) is 6.08. The number of aliphatic carboxylic acids is 1. The Morgan fingerprint density at radius 3 is 2.47 bits per heavy atom. The molecule has 4 nitrogen and oxygen atoms in total. The van der Waals surface area contributed by atoms with Crippen LogP contribution in [0.4, 0.5) is 0 Å². The van der Waals surface area contributed by atoms with E-state index in [2.05, 4.69) is 4.98 Å². The second kappa shape index (κ2) is 6.11. The van der Waals surface area contributed by atoms with E-state index in [0.29, 0.717) is 0 Å². The molecule has 4 heteroatoms. The number of hydrogen-bond donors (Lipinski definition) is 2. The first-order chi connectivity index (χ1) is 9.16. The minimum absolute atomic E-state index is 0.0385. The fraction of sp³-hybridized carbons (Fsp3) is 0.200. The molecule has 1 atom stereocenters. The smallest absolute Gasteiger partial charge is 0.303 e. The van der Waals surface area contributed by atoms with Crippen molar-refractivity contribution >= 4 is 5.97 Å². The summed E-state index contributed by atoms with van der Waals surface area (Å²) in [4.78, 5) is 14.7. The van der Waals surface area contributed by atoms with Crippen molar-refractivity contribution < 1.29 is 15.0 Å². The second-order valence-electron chi connectivity index (χ2n) is 4.29. The quantitative estimate of drug-likeness (QED) is 0.863. The summed E-state index contributed by atoms with van der Waals surface area (Å²) in [5.74, 6) is -0.899. The van der Waals surface area contributed by atoms with E-state index >= 15 is 0 Å². The van der Waals surface area contributed by atoms with Crippen LogP contribution in [0.5, 0.6) is 0 Å². The van der Waals surface area contributed by atoms with Crippen molar-refractivity contribution in [3.05, 3.63) is 54.2 Å². The van der Waals surface area contributed by atoms with Crippen LogP contribution in [0.25, 0.3) is 11.3 Å². The number of carboxylic acids is 1. The van der Waals surface area contributed by atoms with Crippen molar-refractivity contribution in [2.45, 2.75) is 18.9 Å². The van der Waals surface area contributed by atoms with E-state index in [1.807, 2.05) is 30.3 Å². The predicted octanol–water partition coefficient (Wildman–Crippen LogP) is 2.65. The molecule has 0 saturated carbocycles. The summed E-state index contributed by atoms with van der Waals surface area (Å²) in [5, 5.41) is 18.4. The normalized spacial score (nSPS) is 12.1. The summed E-state index contributed by atoms with van der Waals surface area (Å²) in [6, 6.07) is 13.0. The maximum atomic E-state index is 10.5. The van der Waals surface area contributed by atoms with Crippen LogP contribution < -0.4 is 0 Å². The molecule has 0 spiro atoms. The van der Waals surface area contributed by atoms with Crippen LogP contribution in [0, 0.1) is 0 Å². The summed E-state index contributed by atoms with van der Waals surface area (Å²) in [5.41, 5.74) is 2.56. The SMILES string of the molecule is O=C(O)CCC(O)c1ccc(-c2ccccn2)cc1. The van der Waals surface area contributed by atoms with Gasteiger partial charge in [0.2, 0.25) is 0 Å². The molecule has 19 heavy (non-hydrogen) atoms. The highest BCUT2D eigenvalue weighted by atomic mass is 16.4. The van der Waals surface area contributed by atoms with Gasteiger partial charge in [0.1, 0.15) is 0 Å². The van der Waals surface area contributed by atoms with Crippen molar-refractivity contribution in [1.82, 2.24) is 4.98 Å². The van der Waals surface area contributed by atoms with Gasteiger partial charge in [0, 0.05) is 18.2 Å². The van der Waals surface area contributed by atoms with Crippen LogP contribution >= 0.6 is 0 Å². The van der Waals surface area contributed by atoms with Gasteiger partial charge in [0.05, 0.1) is 11.8 Å². The standard InChI is InChI=1S/C15H15NO3/c17-14(8-9-15(18)19)12-6-4-11(5-7-12)13-3-1-2-10-16-13/h1-7,10,14,17H,8-9H2,(H,18,19). The number of rotatable bonds is 5. The van der Waals surface area contributed by atoms with Crippen LogP contribution in [0.15, 0.2) is 48.7 Å². The minimum Gasteiger partial charge on any atom is -0.481 e. The van der Waals surface area contributed by atoms with Crippen molar-refractivity contribution in [1.29, 1.82) is 0 Å². The van der Waals surface area contributed by atoms with Crippen molar-refractivity contribution in [2.75, 3.05) is 0 Å². The Hall–Kier alpha value is -2.20. The van der Waals surface area contributed by atoms with Gasteiger partial charge in [-0.1, -0.05) is 30.3 Å². The molecule has 0 fully saturated rings. The lowest BCUT2D eigenvalue weighted by molar-refractivity contribution is -0.137. The molecular formula is C15H15NO3. The van der Waals surface area contributed by atoms with Crippen LogP contribution in [-0.4, -0.2) is 21.2 Å². The average molecular weight is 257 g/mol. The number of aromatic nitrogens is 1.